The lowest BCUT2D eigenvalue weighted by Gasteiger charge is -2.23. The first-order valence-corrected chi connectivity index (χ1v) is 12.6. The van der Waals surface area contributed by atoms with Gasteiger partial charge in [0.15, 0.2) is 0 Å². The van der Waals surface area contributed by atoms with E-state index in [1.807, 2.05) is 43.3 Å². The number of nitrogens with zero attached hydrogens (tertiary/aromatic N) is 5. The lowest BCUT2D eigenvalue weighted by atomic mass is 9.98. The molecule has 6 rings (SSSR count). The number of benzene rings is 3. The number of tetrazole rings is 1. The number of nitrogens with one attached hydrogen (secondary N) is 2. The van der Waals surface area contributed by atoms with Gasteiger partial charge in [0.1, 0.15) is 5.76 Å². The van der Waals surface area contributed by atoms with Crippen LogP contribution < -0.4 is 10.2 Å². The van der Waals surface area contributed by atoms with E-state index in [-0.39, 0.29) is 12.3 Å². The maximum atomic E-state index is 13.1. The minimum atomic E-state index is -0.162. The molecule has 3 heterocycles. The number of carbonyl (C=O) groups is 1. The van der Waals surface area contributed by atoms with Crippen molar-refractivity contribution in [1.82, 2.24) is 25.8 Å². The van der Waals surface area contributed by atoms with Crippen molar-refractivity contribution < 1.29 is 9.32 Å². The van der Waals surface area contributed by atoms with Crippen LogP contribution in [0, 0.1) is 6.92 Å². The van der Waals surface area contributed by atoms with Crippen molar-refractivity contribution in [2.24, 2.45) is 0 Å². The van der Waals surface area contributed by atoms with Gasteiger partial charge in [-0.1, -0.05) is 65.8 Å². The van der Waals surface area contributed by atoms with Crippen LogP contribution in [-0.4, -0.2) is 44.8 Å². The fourth-order valence-electron chi connectivity index (χ4n) is 5.11. The maximum Gasteiger partial charge on any atom is 0.232 e. The number of anilines is 2. The molecule has 9 heteroatoms. The smallest absolute Gasteiger partial charge is 0.232 e. The van der Waals surface area contributed by atoms with Gasteiger partial charge in [-0.15, -0.1) is 10.2 Å². The first-order chi connectivity index (χ1) is 18.6. The van der Waals surface area contributed by atoms with Gasteiger partial charge in [-0.3, -0.25) is 4.79 Å². The number of hydrogen-bond acceptors (Lipinski definition) is 7. The van der Waals surface area contributed by atoms with Gasteiger partial charge in [0, 0.05) is 30.6 Å². The molecule has 1 aliphatic rings. The van der Waals surface area contributed by atoms with Crippen LogP contribution >= 0.6 is 0 Å². The third-order valence-corrected chi connectivity index (χ3v) is 6.91. The molecule has 1 amide bonds. The van der Waals surface area contributed by atoms with E-state index >= 15 is 0 Å². The summed E-state index contributed by atoms with van der Waals surface area (Å²) in [6.45, 7) is 3.62. The highest BCUT2D eigenvalue weighted by Gasteiger charge is 2.26. The molecule has 1 saturated heterocycles. The summed E-state index contributed by atoms with van der Waals surface area (Å²) in [5.41, 5.74) is 6.58. The molecule has 1 unspecified atom stereocenters. The van der Waals surface area contributed by atoms with Gasteiger partial charge in [0.05, 0.1) is 23.5 Å². The van der Waals surface area contributed by atoms with Crippen molar-refractivity contribution in [3.05, 3.63) is 95.9 Å². The van der Waals surface area contributed by atoms with E-state index in [1.165, 1.54) is 5.56 Å². The monoisotopic (exact) mass is 505 g/mol. The van der Waals surface area contributed by atoms with Crippen LogP contribution in [0.3, 0.4) is 0 Å². The highest BCUT2D eigenvalue weighted by molar-refractivity contribution is 5.97. The Morgan fingerprint density at radius 2 is 1.87 bits per heavy atom. The molecule has 190 valence electrons. The van der Waals surface area contributed by atoms with Crippen LogP contribution in [0.15, 0.2) is 83.4 Å². The Balaban J connectivity index is 1.34. The first kappa shape index (κ1) is 23.6. The lowest BCUT2D eigenvalue weighted by Crippen LogP contribution is -2.22. The van der Waals surface area contributed by atoms with Gasteiger partial charge in [-0.25, -0.2) is 0 Å². The number of carbonyl (C=O) groups excluding carboxylic acids is 1. The topological polar surface area (TPSA) is 113 Å². The molecule has 1 fully saturated rings. The minimum Gasteiger partial charge on any atom is -0.369 e. The van der Waals surface area contributed by atoms with E-state index in [1.54, 1.807) is 6.07 Å². The number of aryl methyl sites for hydroxylation is 1. The Bertz CT molecular complexity index is 1550. The van der Waals surface area contributed by atoms with E-state index in [0.29, 0.717) is 17.5 Å². The quantitative estimate of drug-likeness (QED) is 0.320. The molecule has 2 N–H and O–H groups in total. The molecule has 1 aliphatic heterocycles. The van der Waals surface area contributed by atoms with Crippen molar-refractivity contribution in [3.63, 3.8) is 0 Å². The van der Waals surface area contributed by atoms with Crippen LogP contribution in [0.25, 0.3) is 22.5 Å². The third kappa shape index (κ3) is 4.90. The molecular weight excluding hydrogens is 478 g/mol. The molecule has 0 saturated carbocycles. The van der Waals surface area contributed by atoms with Gasteiger partial charge in [0.2, 0.25) is 11.7 Å². The highest BCUT2D eigenvalue weighted by Crippen LogP contribution is 2.39. The largest absolute Gasteiger partial charge is 0.369 e. The molecule has 0 spiro atoms. The molecule has 9 nitrogen and oxygen atoms in total. The molecule has 0 radical (unpaired) electrons. The third-order valence-electron chi connectivity index (χ3n) is 6.91. The predicted molar refractivity (Wildman–Crippen MR) is 145 cm³/mol. The molecule has 2 aromatic heterocycles. The summed E-state index contributed by atoms with van der Waals surface area (Å²) >= 11 is 0. The Morgan fingerprint density at radius 1 is 1.05 bits per heavy atom. The zero-order valence-electron chi connectivity index (χ0n) is 21.0. The number of amides is 1. The predicted octanol–water partition coefficient (Wildman–Crippen LogP) is 5.01. The van der Waals surface area contributed by atoms with Gasteiger partial charge >= 0.3 is 0 Å². The van der Waals surface area contributed by atoms with Crippen molar-refractivity contribution in [3.8, 4) is 22.5 Å². The molecule has 3 aromatic carbocycles. The molecule has 38 heavy (non-hydrogen) atoms. The summed E-state index contributed by atoms with van der Waals surface area (Å²) in [5, 5.41) is 21.6. The molecule has 5 aromatic rings. The number of aromatic amines is 1. The van der Waals surface area contributed by atoms with Gasteiger partial charge in [0.25, 0.3) is 0 Å². The van der Waals surface area contributed by atoms with Crippen molar-refractivity contribution in [2.45, 2.75) is 25.7 Å². The Labute approximate surface area is 219 Å². The van der Waals surface area contributed by atoms with E-state index < -0.39 is 0 Å². The standard InChI is InChI=1S/C29H27N7O2/c1-19-15-23(38-33-19)17-28(37)30-26-16-21(24-9-5-6-10-25(24)29-31-34-35-32-29)11-12-27(26)36-14-13-22(18-36)20-7-3-2-4-8-20/h2-12,15-16,22H,13-14,17-18H2,1H3,(H,30,37)(H,31,32,34,35). The maximum absolute atomic E-state index is 13.1. The molecular formula is C29H27N7O2. The Hall–Kier alpha value is -4.79. The average Bonchev–Trinajstić information content (AvgIpc) is 3.72. The lowest BCUT2D eigenvalue weighted by molar-refractivity contribution is -0.115. The van der Waals surface area contributed by atoms with E-state index in [9.17, 15) is 4.79 Å². The number of H-pyrrole nitrogens is 1. The Kier molecular flexibility index (Phi) is 6.39. The number of hydrogen-bond donors (Lipinski definition) is 2. The van der Waals surface area contributed by atoms with Gasteiger partial charge in [-0.2, -0.15) is 5.21 Å². The summed E-state index contributed by atoms with van der Waals surface area (Å²) in [6.07, 6.45) is 1.16. The summed E-state index contributed by atoms with van der Waals surface area (Å²) < 4.78 is 5.27. The minimum absolute atomic E-state index is 0.108. The SMILES string of the molecule is Cc1cc(CC(=O)Nc2cc(-c3ccccc3-c3nn[nH]n3)ccc2N2CCC(c3ccccc3)C2)on1. The summed E-state index contributed by atoms with van der Waals surface area (Å²) in [5.74, 6) is 1.33. The van der Waals surface area contributed by atoms with Crippen molar-refractivity contribution in [2.75, 3.05) is 23.3 Å². The summed E-state index contributed by atoms with van der Waals surface area (Å²) in [7, 11) is 0. The van der Waals surface area contributed by atoms with E-state index in [0.717, 1.165) is 53.3 Å². The summed E-state index contributed by atoms with van der Waals surface area (Å²) in [6, 6.07) is 26.5. The fraction of sp³-hybridized carbons (Fsp3) is 0.207. The number of aromatic nitrogens is 5. The van der Waals surface area contributed by atoms with Crippen LogP contribution in [-0.2, 0) is 11.2 Å². The van der Waals surface area contributed by atoms with Crippen LogP contribution in [0.1, 0.15) is 29.4 Å². The second kappa shape index (κ2) is 10.3. The second-order valence-corrected chi connectivity index (χ2v) is 9.51. The average molecular weight is 506 g/mol. The fourth-order valence-corrected chi connectivity index (χ4v) is 5.11. The summed E-state index contributed by atoms with van der Waals surface area (Å²) in [4.78, 5) is 15.4. The highest BCUT2D eigenvalue weighted by atomic mass is 16.5. The van der Waals surface area contributed by atoms with Crippen LogP contribution in [0.5, 0.6) is 0 Å². The van der Waals surface area contributed by atoms with Crippen LogP contribution in [0.2, 0.25) is 0 Å². The second-order valence-electron chi connectivity index (χ2n) is 9.51. The molecule has 0 bridgehead atoms. The zero-order chi connectivity index (χ0) is 25.9. The van der Waals surface area contributed by atoms with Gasteiger partial charge in [-0.05, 0) is 47.4 Å². The number of rotatable bonds is 7. The molecule has 0 aliphatic carbocycles. The van der Waals surface area contributed by atoms with Gasteiger partial charge < -0.3 is 14.7 Å². The zero-order valence-corrected chi connectivity index (χ0v) is 21.0. The van der Waals surface area contributed by atoms with Crippen molar-refractivity contribution in [1.29, 1.82) is 0 Å². The Morgan fingerprint density at radius 3 is 2.63 bits per heavy atom. The van der Waals surface area contributed by atoms with E-state index in [4.69, 9.17) is 4.52 Å². The first-order valence-electron chi connectivity index (χ1n) is 12.6. The normalized spacial score (nSPS) is 15.1. The molecule has 1 atom stereocenters. The van der Waals surface area contributed by atoms with Crippen molar-refractivity contribution >= 4 is 17.3 Å². The van der Waals surface area contributed by atoms with Crippen LogP contribution in [0.4, 0.5) is 11.4 Å². The van der Waals surface area contributed by atoms with E-state index in [2.05, 4.69) is 72.4 Å².